The zero-order valence-electron chi connectivity index (χ0n) is 10.8. The minimum absolute atomic E-state index is 0.467. The Morgan fingerprint density at radius 1 is 1.50 bits per heavy atom. The van der Waals surface area contributed by atoms with E-state index in [1.54, 1.807) is 7.11 Å². The first kappa shape index (κ1) is 14.8. The second-order valence-corrected chi connectivity index (χ2v) is 4.64. The van der Waals surface area contributed by atoms with E-state index in [1.807, 2.05) is 26.1 Å². The highest BCUT2D eigenvalue weighted by molar-refractivity contribution is 9.10. The van der Waals surface area contributed by atoms with Crippen LogP contribution >= 0.6 is 15.9 Å². The number of ether oxygens (including phenoxy) is 2. The fourth-order valence-electron chi connectivity index (χ4n) is 1.54. The molecule has 98 valence electrons. The average molecular weight is 313 g/mol. The summed E-state index contributed by atoms with van der Waals surface area (Å²) < 4.78 is 11.7. The molecule has 0 aliphatic heterocycles. The van der Waals surface area contributed by atoms with Crippen molar-refractivity contribution in [1.82, 2.24) is 5.32 Å². The van der Waals surface area contributed by atoms with E-state index in [9.17, 15) is 0 Å². The summed E-state index contributed by atoms with van der Waals surface area (Å²) in [5.41, 5.74) is 1.08. The Kier molecular flexibility index (Phi) is 5.96. The number of nitriles is 1. The summed E-state index contributed by atoms with van der Waals surface area (Å²) in [7, 11) is 3.47. The van der Waals surface area contributed by atoms with Crippen molar-refractivity contribution in [2.24, 2.45) is 0 Å². The molecule has 0 radical (unpaired) electrons. The lowest BCUT2D eigenvalue weighted by atomic mass is 10.2. The molecule has 0 aliphatic carbocycles. The van der Waals surface area contributed by atoms with Gasteiger partial charge in [0.05, 0.1) is 11.6 Å². The molecule has 0 aromatic heterocycles. The molecule has 0 heterocycles. The maximum Gasteiger partial charge on any atom is 0.184 e. The molecule has 1 atom stereocenters. The van der Waals surface area contributed by atoms with E-state index in [2.05, 4.69) is 27.3 Å². The third kappa shape index (κ3) is 3.62. The minimum Gasteiger partial charge on any atom is -0.493 e. The fourth-order valence-corrected chi connectivity index (χ4v) is 2.12. The van der Waals surface area contributed by atoms with Crippen LogP contribution in [0.3, 0.4) is 0 Å². The predicted molar refractivity (Wildman–Crippen MR) is 73.8 cm³/mol. The Hall–Kier alpha value is -1.25. The number of nitrogens with zero attached hydrogens (tertiary/aromatic N) is 1. The van der Waals surface area contributed by atoms with Crippen LogP contribution < -0.4 is 14.8 Å². The zero-order chi connectivity index (χ0) is 13.5. The SMILES string of the molecule is CCC(C#N)Oc1c(Br)cc(CNC)cc1OC. The Bertz CT molecular complexity index is 443. The van der Waals surface area contributed by atoms with Crippen LogP contribution in [0.2, 0.25) is 0 Å². The first-order valence-corrected chi connectivity index (χ1v) is 6.52. The first-order chi connectivity index (χ1) is 8.65. The van der Waals surface area contributed by atoms with Gasteiger partial charge >= 0.3 is 0 Å². The van der Waals surface area contributed by atoms with E-state index < -0.39 is 6.10 Å². The maximum atomic E-state index is 8.94. The van der Waals surface area contributed by atoms with Crippen LogP contribution in [0.15, 0.2) is 16.6 Å². The standard InChI is InChI=1S/C13H17BrN2O2/c1-4-10(7-15)18-13-11(14)5-9(8-16-2)6-12(13)17-3/h5-6,10,16H,4,8H2,1-3H3. The normalized spacial score (nSPS) is 11.7. The van der Waals surface area contributed by atoms with Crippen molar-refractivity contribution >= 4 is 15.9 Å². The number of nitrogens with one attached hydrogen (secondary N) is 1. The van der Waals surface area contributed by atoms with Gasteiger partial charge in [-0.3, -0.25) is 0 Å². The second kappa shape index (κ2) is 7.24. The zero-order valence-corrected chi connectivity index (χ0v) is 12.4. The molecule has 0 saturated carbocycles. The molecule has 18 heavy (non-hydrogen) atoms. The average Bonchev–Trinajstić information content (AvgIpc) is 2.37. The number of hydrogen-bond donors (Lipinski definition) is 1. The third-order valence-corrected chi connectivity index (χ3v) is 3.03. The van der Waals surface area contributed by atoms with E-state index >= 15 is 0 Å². The number of hydrogen-bond acceptors (Lipinski definition) is 4. The van der Waals surface area contributed by atoms with Crippen molar-refractivity contribution in [3.63, 3.8) is 0 Å². The molecule has 5 heteroatoms. The van der Waals surface area contributed by atoms with Gasteiger partial charge in [0, 0.05) is 6.54 Å². The topological polar surface area (TPSA) is 54.3 Å². The van der Waals surface area contributed by atoms with Gasteiger partial charge in [0.1, 0.15) is 6.07 Å². The molecule has 0 amide bonds. The number of methoxy groups -OCH3 is 1. The highest BCUT2D eigenvalue weighted by atomic mass is 79.9. The van der Waals surface area contributed by atoms with Crippen molar-refractivity contribution in [1.29, 1.82) is 5.26 Å². The summed E-state index contributed by atoms with van der Waals surface area (Å²) in [6.45, 7) is 2.65. The maximum absolute atomic E-state index is 8.94. The molecular formula is C13H17BrN2O2. The number of rotatable bonds is 6. The van der Waals surface area contributed by atoms with Crippen LogP contribution in [0.4, 0.5) is 0 Å². The molecule has 1 N–H and O–H groups in total. The Morgan fingerprint density at radius 3 is 2.72 bits per heavy atom. The largest absolute Gasteiger partial charge is 0.493 e. The van der Waals surface area contributed by atoms with Gasteiger partial charge in [-0.15, -0.1) is 0 Å². The molecule has 1 unspecified atom stereocenters. The lowest BCUT2D eigenvalue weighted by Crippen LogP contribution is -2.13. The smallest absolute Gasteiger partial charge is 0.184 e. The van der Waals surface area contributed by atoms with Gasteiger partial charge in [0.15, 0.2) is 17.6 Å². The molecule has 0 spiro atoms. The summed E-state index contributed by atoms with van der Waals surface area (Å²) >= 11 is 3.45. The summed E-state index contributed by atoms with van der Waals surface area (Å²) in [6.07, 6.45) is 0.162. The minimum atomic E-state index is -0.467. The van der Waals surface area contributed by atoms with Crippen molar-refractivity contribution < 1.29 is 9.47 Å². The summed E-state index contributed by atoms with van der Waals surface area (Å²) in [6, 6.07) is 5.97. The number of halogens is 1. The molecule has 1 aromatic carbocycles. The van der Waals surface area contributed by atoms with Crippen molar-refractivity contribution in [2.75, 3.05) is 14.2 Å². The highest BCUT2D eigenvalue weighted by Gasteiger charge is 2.15. The van der Waals surface area contributed by atoms with Crippen LogP contribution in [0.1, 0.15) is 18.9 Å². The Balaban J connectivity index is 3.07. The third-order valence-electron chi connectivity index (χ3n) is 2.45. The second-order valence-electron chi connectivity index (χ2n) is 3.78. The van der Waals surface area contributed by atoms with E-state index in [0.29, 0.717) is 17.9 Å². The van der Waals surface area contributed by atoms with Crippen LogP contribution in [0.5, 0.6) is 11.5 Å². The van der Waals surface area contributed by atoms with Crippen LogP contribution in [0, 0.1) is 11.3 Å². The molecular weight excluding hydrogens is 296 g/mol. The highest BCUT2D eigenvalue weighted by Crippen LogP contribution is 2.37. The van der Waals surface area contributed by atoms with Crippen molar-refractivity contribution in [3.8, 4) is 17.6 Å². The van der Waals surface area contributed by atoms with Gasteiger partial charge in [-0.05, 0) is 47.1 Å². The predicted octanol–water partition coefficient (Wildman–Crippen LogP) is 2.86. The fraction of sp³-hybridized carbons (Fsp3) is 0.462. The van der Waals surface area contributed by atoms with Crippen LogP contribution in [0.25, 0.3) is 0 Å². The first-order valence-electron chi connectivity index (χ1n) is 5.73. The van der Waals surface area contributed by atoms with E-state index in [1.165, 1.54) is 0 Å². The molecule has 4 nitrogen and oxygen atoms in total. The summed E-state index contributed by atoms with van der Waals surface area (Å²) in [4.78, 5) is 0. The molecule has 0 saturated heterocycles. The lowest BCUT2D eigenvalue weighted by Gasteiger charge is -2.16. The monoisotopic (exact) mass is 312 g/mol. The number of benzene rings is 1. The molecule has 0 fully saturated rings. The molecule has 0 bridgehead atoms. The van der Waals surface area contributed by atoms with Gasteiger partial charge in [-0.25, -0.2) is 0 Å². The Labute approximate surface area is 116 Å². The van der Waals surface area contributed by atoms with Gasteiger partial charge in [0.2, 0.25) is 0 Å². The van der Waals surface area contributed by atoms with Gasteiger partial charge < -0.3 is 14.8 Å². The summed E-state index contributed by atoms with van der Waals surface area (Å²) in [5.74, 6) is 1.20. The van der Waals surface area contributed by atoms with E-state index in [-0.39, 0.29) is 0 Å². The van der Waals surface area contributed by atoms with Crippen LogP contribution in [-0.4, -0.2) is 20.3 Å². The van der Waals surface area contributed by atoms with Gasteiger partial charge in [-0.1, -0.05) is 6.92 Å². The summed E-state index contributed by atoms with van der Waals surface area (Å²) in [5, 5.41) is 12.0. The molecule has 0 aliphatic rings. The van der Waals surface area contributed by atoms with E-state index in [4.69, 9.17) is 14.7 Å². The van der Waals surface area contributed by atoms with Crippen LogP contribution in [-0.2, 0) is 6.54 Å². The molecule has 1 rings (SSSR count). The molecule has 1 aromatic rings. The Morgan fingerprint density at radius 2 is 2.22 bits per heavy atom. The van der Waals surface area contributed by atoms with Crippen molar-refractivity contribution in [3.05, 3.63) is 22.2 Å². The van der Waals surface area contributed by atoms with E-state index in [0.717, 1.165) is 16.6 Å². The lowest BCUT2D eigenvalue weighted by molar-refractivity contribution is 0.237. The quantitative estimate of drug-likeness (QED) is 0.877. The van der Waals surface area contributed by atoms with Gasteiger partial charge in [-0.2, -0.15) is 5.26 Å². The van der Waals surface area contributed by atoms with Crippen molar-refractivity contribution in [2.45, 2.75) is 26.0 Å². The van der Waals surface area contributed by atoms with Gasteiger partial charge in [0.25, 0.3) is 0 Å².